The van der Waals surface area contributed by atoms with Crippen LogP contribution in [-0.4, -0.2) is 18.5 Å². The van der Waals surface area contributed by atoms with Crippen molar-refractivity contribution in [1.82, 2.24) is 0 Å². The molecule has 4 heteroatoms. The van der Waals surface area contributed by atoms with Gasteiger partial charge in [-0.05, 0) is 43.2 Å². The van der Waals surface area contributed by atoms with Crippen molar-refractivity contribution in [3.05, 3.63) is 71.3 Å². The molecule has 0 bridgehead atoms. The molecule has 2 aromatic carbocycles. The molecule has 0 spiro atoms. The van der Waals surface area contributed by atoms with Gasteiger partial charge < -0.3 is 10.1 Å². The maximum Gasteiger partial charge on any atom is 0.338 e. The third-order valence-electron chi connectivity index (χ3n) is 3.60. The van der Waals surface area contributed by atoms with Crippen LogP contribution in [0.3, 0.4) is 0 Å². The van der Waals surface area contributed by atoms with Gasteiger partial charge in [0.25, 0.3) is 0 Å². The quantitative estimate of drug-likeness (QED) is 0.456. The summed E-state index contributed by atoms with van der Waals surface area (Å²) < 4.78 is 5.18. The lowest BCUT2D eigenvalue weighted by Gasteiger charge is -2.06. The van der Waals surface area contributed by atoms with Gasteiger partial charge in [-0.1, -0.05) is 49.2 Å². The molecule has 0 radical (unpaired) electrons. The maximum atomic E-state index is 12.0. The van der Waals surface area contributed by atoms with E-state index >= 15 is 0 Å². The molecular weight excluding hydrogens is 314 g/mol. The molecule has 130 valence electrons. The van der Waals surface area contributed by atoms with Crippen LogP contribution in [0.4, 0.5) is 5.69 Å². The Hall–Kier alpha value is -2.88. The van der Waals surface area contributed by atoms with Crippen LogP contribution in [0.1, 0.15) is 41.3 Å². The largest absolute Gasteiger partial charge is 0.462 e. The Balaban J connectivity index is 1.95. The van der Waals surface area contributed by atoms with Crippen molar-refractivity contribution in [2.24, 2.45) is 0 Å². The van der Waals surface area contributed by atoms with Crippen molar-refractivity contribution < 1.29 is 14.3 Å². The van der Waals surface area contributed by atoms with E-state index in [-0.39, 0.29) is 11.9 Å². The number of amides is 1. The van der Waals surface area contributed by atoms with Gasteiger partial charge in [0.05, 0.1) is 12.2 Å². The van der Waals surface area contributed by atoms with Crippen LogP contribution in [-0.2, 0) is 9.53 Å². The van der Waals surface area contributed by atoms with Gasteiger partial charge in [-0.25, -0.2) is 4.79 Å². The zero-order chi connectivity index (χ0) is 18.1. The number of anilines is 1. The number of rotatable bonds is 7. The summed E-state index contributed by atoms with van der Waals surface area (Å²) in [5.74, 6) is -0.628. The second-order valence-corrected chi connectivity index (χ2v) is 5.80. The number of ether oxygens (including phenoxy) is 1. The highest BCUT2D eigenvalue weighted by Gasteiger charge is 2.08. The minimum atomic E-state index is -0.375. The van der Waals surface area contributed by atoms with E-state index < -0.39 is 0 Å². The van der Waals surface area contributed by atoms with Crippen molar-refractivity contribution >= 4 is 23.6 Å². The predicted molar refractivity (Wildman–Crippen MR) is 100 cm³/mol. The van der Waals surface area contributed by atoms with Gasteiger partial charge in [-0.15, -0.1) is 0 Å². The van der Waals surface area contributed by atoms with Crippen molar-refractivity contribution in [1.29, 1.82) is 0 Å². The molecule has 0 saturated carbocycles. The third-order valence-corrected chi connectivity index (χ3v) is 3.60. The molecular formula is C21H23NO3. The summed E-state index contributed by atoms with van der Waals surface area (Å²) in [6.07, 6.45) is 5.03. The lowest BCUT2D eigenvalue weighted by molar-refractivity contribution is -0.111. The second-order valence-electron chi connectivity index (χ2n) is 5.80. The number of hydrogen-bond acceptors (Lipinski definition) is 3. The van der Waals surface area contributed by atoms with E-state index in [0.717, 1.165) is 18.4 Å². The van der Waals surface area contributed by atoms with Gasteiger partial charge in [-0.2, -0.15) is 0 Å². The van der Waals surface area contributed by atoms with Gasteiger partial charge in [-0.3, -0.25) is 4.79 Å². The van der Waals surface area contributed by atoms with Gasteiger partial charge in [0.1, 0.15) is 0 Å². The topological polar surface area (TPSA) is 55.4 Å². The number of carbonyl (C=O) groups excluding carboxylic acids is 2. The van der Waals surface area contributed by atoms with Crippen molar-refractivity contribution in [2.75, 3.05) is 11.9 Å². The molecule has 0 aliphatic carbocycles. The lowest BCUT2D eigenvalue weighted by atomic mass is 10.1. The van der Waals surface area contributed by atoms with Gasteiger partial charge in [0, 0.05) is 11.8 Å². The first kappa shape index (κ1) is 18.5. The summed E-state index contributed by atoms with van der Waals surface area (Å²) in [4.78, 5) is 24.0. The van der Waals surface area contributed by atoms with Crippen molar-refractivity contribution in [2.45, 2.75) is 26.7 Å². The summed E-state index contributed by atoms with van der Waals surface area (Å²) in [6, 6.07) is 14.6. The third kappa shape index (κ3) is 6.26. The molecule has 0 fully saturated rings. The number of aryl methyl sites for hydroxylation is 1. The molecule has 2 rings (SSSR count). The van der Waals surface area contributed by atoms with Gasteiger partial charge in [0.15, 0.2) is 0 Å². The average molecular weight is 337 g/mol. The first-order valence-corrected chi connectivity index (χ1v) is 8.41. The molecule has 0 aromatic heterocycles. The molecule has 0 aliphatic heterocycles. The standard InChI is InChI=1S/C21H23NO3/c1-3-4-14-25-21(24)18-6-5-7-19(15-18)22-20(23)13-12-17-10-8-16(2)9-11-17/h5-13,15H,3-4,14H2,1-2H3,(H,22,23). The van der Waals surface area contributed by atoms with Crippen LogP contribution in [0.25, 0.3) is 6.08 Å². The van der Waals surface area contributed by atoms with Crippen LogP contribution in [0.15, 0.2) is 54.6 Å². The van der Waals surface area contributed by atoms with Crippen molar-refractivity contribution in [3.63, 3.8) is 0 Å². The minimum Gasteiger partial charge on any atom is -0.462 e. The van der Waals surface area contributed by atoms with Crippen LogP contribution in [0, 0.1) is 6.92 Å². The fourth-order valence-electron chi connectivity index (χ4n) is 2.15. The number of hydrogen-bond donors (Lipinski definition) is 1. The number of nitrogens with one attached hydrogen (secondary N) is 1. The van der Waals surface area contributed by atoms with Crippen LogP contribution < -0.4 is 5.32 Å². The highest BCUT2D eigenvalue weighted by atomic mass is 16.5. The molecule has 1 amide bonds. The van der Waals surface area contributed by atoms with E-state index in [9.17, 15) is 9.59 Å². The molecule has 1 N–H and O–H groups in total. The molecule has 0 unspecified atom stereocenters. The Morgan fingerprint density at radius 1 is 1.12 bits per heavy atom. The van der Waals surface area contributed by atoms with E-state index in [0.29, 0.717) is 17.9 Å². The first-order chi connectivity index (χ1) is 12.1. The van der Waals surface area contributed by atoms with Crippen LogP contribution in [0.2, 0.25) is 0 Å². The van der Waals surface area contributed by atoms with E-state index in [1.807, 2.05) is 38.1 Å². The Morgan fingerprint density at radius 2 is 1.88 bits per heavy atom. The Bertz CT molecular complexity index is 748. The molecule has 0 saturated heterocycles. The summed E-state index contributed by atoms with van der Waals surface area (Å²) in [5.41, 5.74) is 3.11. The van der Waals surface area contributed by atoms with E-state index in [1.165, 1.54) is 11.6 Å². The number of benzene rings is 2. The molecule has 4 nitrogen and oxygen atoms in total. The zero-order valence-electron chi connectivity index (χ0n) is 14.6. The molecule has 0 aliphatic rings. The van der Waals surface area contributed by atoms with E-state index in [1.54, 1.807) is 30.3 Å². The highest BCUT2D eigenvalue weighted by Crippen LogP contribution is 2.12. The average Bonchev–Trinajstić information content (AvgIpc) is 2.61. The maximum absolute atomic E-state index is 12.0. The SMILES string of the molecule is CCCCOC(=O)c1cccc(NC(=O)C=Cc2ccc(C)cc2)c1. The van der Waals surface area contributed by atoms with E-state index in [2.05, 4.69) is 5.32 Å². The summed E-state index contributed by atoms with van der Waals surface area (Å²) in [6.45, 7) is 4.46. The second kappa shape index (κ2) is 9.42. The molecule has 2 aromatic rings. The summed E-state index contributed by atoms with van der Waals surface area (Å²) >= 11 is 0. The lowest BCUT2D eigenvalue weighted by Crippen LogP contribution is -2.10. The Kier molecular flexibility index (Phi) is 6.96. The molecule has 0 atom stereocenters. The summed E-state index contributed by atoms with van der Waals surface area (Å²) in [7, 11) is 0. The van der Waals surface area contributed by atoms with Crippen LogP contribution in [0.5, 0.6) is 0 Å². The number of esters is 1. The monoisotopic (exact) mass is 337 g/mol. The summed E-state index contributed by atoms with van der Waals surface area (Å²) in [5, 5.41) is 2.75. The fourth-order valence-corrected chi connectivity index (χ4v) is 2.15. The molecule has 25 heavy (non-hydrogen) atoms. The van der Waals surface area contributed by atoms with Gasteiger partial charge in [0.2, 0.25) is 5.91 Å². The Morgan fingerprint density at radius 3 is 2.60 bits per heavy atom. The zero-order valence-corrected chi connectivity index (χ0v) is 14.6. The van der Waals surface area contributed by atoms with Crippen LogP contribution >= 0.6 is 0 Å². The predicted octanol–water partition coefficient (Wildman–Crippen LogP) is 4.60. The first-order valence-electron chi connectivity index (χ1n) is 8.41. The minimum absolute atomic E-state index is 0.253. The fraction of sp³-hybridized carbons (Fsp3) is 0.238. The van der Waals surface area contributed by atoms with Crippen molar-refractivity contribution in [3.8, 4) is 0 Å². The molecule has 0 heterocycles. The van der Waals surface area contributed by atoms with Gasteiger partial charge >= 0.3 is 5.97 Å². The van der Waals surface area contributed by atoms with E-state index in [4.69, 9.17) is 4.74 Å². The highest BCUT2D eigenvalue weighted by molar-refractivity contribution is 6.02. The Labute approximate surface area is 148 Å². The number of unbranched alkanes of at least 4 members (excludes halogenated alkanes) is 1. The normalized spacial score (nSPS) is 10.6. The number of carbonyl (C=O) groups is 2. The smallest absolute Gasteiger partial charge is 0.338 e.